The van der Waals surface area contributed by atoms with Crippen LogP contribution >= 0.6 is 0 Å². The van der Waals surface area contributed by atoms with Crippen LogP contribution < -0.4 is 15.5 Å². The summed E-state index contributed by atoms with van der Waals surface area (Å²) in [4.78, 5) is 40.1. The molecule has 0 bridgehead atoms. The molecule has 2 fully saturated rings. The molecule has 0 aliphatic carbocycles. The lowest BCUT2D eigenvalue weighted by atomic mass is 10.1. The molecule has 0 unspecified atom stereocenters. The van der Waals surface area contributed by atoms with Gasteiger partial charge in [-0.25, -0.2) is 9.69 Å². The number of carbonyl (C=O) groups is 3. The lowest BCUT2D eigenvalue weighted by Gasteiger charge is -2.17. The number of anilines is 2. The maximum atomic E-state index is 12.6. The Bertz CT molecular complexity index is 948. The highest BCUT2D eigenvalue weighted by Crippen LogP contribution is 2.22. The molecular formula is C22H22N4O3. The van der Waals surface area contributed by atoms with Crippen LogP contribution in [-0.2, 0) is 9.59 Å². The SMILES string of the molecule is O=C(CN1C(=O)N/C(=C/c2ccc(N3CCCC3)cc2)C1=O)Nc1ccccc1. The van der Waals surface area contributed by atoms with Gasteiger partial charge in [-0.3, -0.25) is 9.59 Å². The third-order valence-electron chi connectivity index (χ3n) is 5.00. The maximum Gasteiger partial charge on any atom is 0.329 e. The second-order valence-corrected chi connectivity index (χ2v) is 7.08. The fourth-order valence-electron chi connectivity index (χ4n) is 3.50. The van der Waals surface area contributed by atoms with Crippen LogP contribution in [0.5, 0.6) is 0 Å². The summed E-state index contributed by atoms with van der Waals surface area (Å²) < 4.78 is 0. The largest absolute Gasteiger partial charge is 0.372 e. The summed E-state index contributed by atoms with van der Waals surface area (Å²) in [7, 11) is 0. The van der Waals surface area contributed by atoms with Crippen LogP contribution in [0, 0.1) is 0 Å². The quantitative estimate of drug-likeness (QED) is 0.608. The molecule has 0 radical (unpaired) electrons. The van der Waals surface area contributed by atoms with Gasteiger partial charge in [-0.15, -0.1) is 0 Å². The van der Waals surface area contributed by atoms with Crippen molar-refractivity contribution in [1.82, 2.24) is 10.2 Å². The standard InChI is InChI=1S/C22H22N4O3/c27-20(23-17-6-2-1-3-7-17)15-26-21(28)19(24-22(26)29)14-16-8-10-18(11-9-16)25-12-4-5-13-25/h1-3,6-11,14H,4-5,12-13,15H2,(H,23,27)(H,24,29)/b19-14+. The van der Waals surface area contributed by atoms with E-state index in [9.17, 15) is 14.4 Å². The van der Waals surface area contributed by atoms with Gasteiger partial charge < -0.3 is 15.5 Å². The number of imide groups is 1. The van der Waals surface area contributed by atoms with Crippen LogP contribution in [0.2, 0.25) is 0 Å². The van der Waals surface area contributed by atoms with Gasteiger partial charge in [-0.1, -0.05) is 30.3 Å². The third kappa shape index (κ3) is 4.29. The van der Waals surface area contributed by atoms with E-state index in [1.165, 1.54) is 12.8 Å². The Balaban J connectivity index is 1.41. The van der Waals surface area contributed by atoms with E-state index in [1.807, 2.05) is 30.3 Å². The van der Waals surface area contributed by atoms with Crippen LogP contribution in [0.4, 0.5) is 16.2 Å². The first kappa shape index (κ1) is 18.7. The van der Waals surface area contributed by atoms with Crippen molar-refractivity contribution in [3.05, 3.63) is 65.9 Å². The van der Waals surface area contributed by atoms with Crippen molar-refractivity contribution in [2.75, 3.05) is 29.9 Å². The highest BCUT2D eigenvalue weighted by atomic mass is 16.2. The molecule has 2 saturated heterocycles. The summed E-state index contributed by atoms with van der Waals surface area (Å²) in [6.07, 6.45) is 4.04. The third-order valence-corrected chi connectivity index (χ3v) is 5.00. The Labute approximate surface area is 169 Å². The number of hydrogen-bond acceptors (Lipinski definition) is 4. The van der Waals surface area contributed by atoms with Crippen molar-refractivity contribution in [3.8, 4) is 0 Å². The normalized spacial score (nSPS) is 17.7. The maximum absolute atomic E-state index is 12.6. The zero-order valence-electron chi connectivity index (χ0n) is 15.9. The van der Waals surface area contributed by atoms with E-state index in [0.717, 1.165) is 29.2 Å². The number of amides is 4. The first-order chi connectivity index (χ1) is 14.1. The van der Waals surface area contributed by atoms with E-state index in [1.54, 1.807) is 30.3 Å². The Morgan fingerprint density at radius 1 is 1.00 bits per heavy atom. The van der Waals surface area contributed by atoms with Crippen LogP contribution in [0.15, 0.2) is 60.3 Å². The lowest BCUT2D eigenvalue weighted by Crippen LogP contribution is -2.38. The van der Waals surface area contributed by atoms with Crippen LogP contribution in [0.3, 0.4) is 0 Å². The molecule has 0 aromatic heterocycles. The number of rotatable bonds is 5. The van der Waals surface area contributed by atoms with E-state index in [4.69, 9.17) is 0 Å². The molecule has 0 saturated carbocycles. The predicted molar refractivity (Wildman–Crippen MR) is 111 cm³/mol. The summed E-state index contributed by atoms with van der Waals surface area (Å²) in [5, 5.41) is 5.22. The van der Waals surface area contributed by atoms with Gasteiger partial charge in [-0.05, 0) is 48.7 Å². The Morgan fingerprint density at radius 2 is 1.69 bits per heavy atom. The Kier molecular flexibility index (Phi) is 5.29. The molecule has 0 spiro atoms. The average Bonchev–Trinajstić information content (AvgIpc) is 3.34. The zero-order valence-corrected chi connectivity index (χ0v) is 15.9. The van der Waals surface area contributed by atoms with E-state index >= 15 is 0 Å². The first-order valence-corrected chi connectivity index (χ1v) is 9.64. The number of hydrogen-bond donors (Lipinski definition) is 2. The molecule has 2 N–H and O–H groups in total. The van der Waals surface area contributed by atoms with Gasteiger partial charge in [0, 0.05) is 24.5 Å². The molecule has 2 aromatic rings. The molecule has 4 amide bonds. The molecular weight excluding hydrogens is 368 g/mol. The lowest BCUT2D eigenvalue weighted by molar-refractivity contribution is -0.127. The fraction of sp³-hybridized carbons (Fsp3) is 0.227. The van der Waals surface area contributed by atoms with Gasteiger partial charge in [0.1, 0.15) is 12.2 Å². The topological polar surface area (TPSA) is 81.8 Å². The predicted octanol–water partition coefficient (Wildman–Crippen LogP) is 2.82. The molecule has 2 heterocycles. The summed E-state index contributed by atoms with van der Waals surface area (Å²) >= 11 is 0. The van der Waals surface area contributed by atoms with Crippen molar-refractivity contribution < 1.29 is 14.4 Å². The molecule has 4 rings (SSSR count). The second-order valence-electron chi connectivity index (χ2n) is 7.08. The van der Waals surface area contributed by atoms with Crippen molar-refractivity contribution in [2.24, 2.45) is 0 Å². The van der Waals surface area contributed by atoms with Gasteiger partial charge in [0.2, 0.25) is 5.91 Å². The number of nitrogens with zero attached hydrogens (tertiary/aromatic N) is 2. The minimum Gasteiger partial charge on any atom is -0.372 e. The molecule has 7 nitrogen and oxygen atoms in total. The Morgan fingerprint density at radius 3 is 2.38 bits per heavy atom. The van der Waals surface area contributed by atoms with E-state index in [-0.39, 0.29) is 12.2 Å². The fourth-order valence-corrected chi connectivity index (χ4v) is 3.50. The molecule has 7 heteroatoms. The highest BCUT2D eigenvalue weighted by Gasteiger charge is 2.34. The van der Waals surface area contributed by atoms with Crippen molar-refractivity contribution in [2.45, 2.75) is 12.8 Å². The minimum absolute atomic E-state index is 0.163. The Hall–Kier alpha value is -3.61. The minimum atomic E-state index is -0.599. The van der Waals surface area contributed by atoms with Crippen molar-refractivity contribution in [1.29, 1.82) is 0 Å². The molecule has 2 aromatic carbocycles. The highest BCUT2D eigenvalue weighted by molar-refractivity contribution is 6.15. The number of para-hydroxylation sites is 1. The molecule has 0 atom stereocenters. The molecule has 148 valence electrons. The number of urea groups is 1. The molecule has 2 aliphatic heterocycles. The van der Waals surface area contributed by atoms with E-state index in [2.05, 4.69) is 15.5 Å². The number of carbonyl (C=O) groups excluding carboxylic acids is 3. The monoisotopic (exact) mass is 390 g/mol. The first-order valence-electron chi connectivity index (χ1n) is 9.64. The van der Waals surface area contributed by atoms with Crippen molar-refractivity contribution in [3.63, 3.8) is 0 Å². The van der Waals surface area contributed by atoms with Crippen LogP contribution in [-0.4, -0.2) is 42.4 Å². The van der Waals surface area contributed by atoms with E-state index < -0.39 is 17.8 Å². The van der Waals surface area contributed by atoms with Crippen LogP contribution in [0.1, 0.15) is 18.4 Å². The van der Waals surface area contributed by atoms with Gasteiger partial charge in [-0.2, -0.15) is 0 Å². The van der Waals surface area contributed by atoms with Crippen molar-refractivity contribution >= 4 is 35.3 Å². The van der Waals surface area contributed by atoms with Gasteiger partial charge in [0.25, 0.3) is 5.91 Å². The number of nitrogens with one attached hydrogen (secondary N) is 2. The van der Waals surface area contributed by atoms with E-state index in [0.29, 0.717) is 5.69 Å². The zero-order chi connectivity index (χ0) is 20.2. The van der Waals surface area contributed by atoms with Gasteiger partial charge in [0.15, 0.2) is 0 Å². The summed E-state index contributed by atoms with van der Waals surface area (Å²) in [6, 6.07) is 16.2. The van der Waals surface area contributed by atoms with Crippen LogP contribution in [0.25, 0.3) is 6.08 Å². The smallest absolute Gasteiger partial charge is 0.329 e. The van der Waals surface area contributed by atoms with Gasteiger partial charge >= 0.3 is 6.03 Å². The molecule has 2 aliphatic rings. The average molecular weight is 390 g/mol. The molecule has 29 heavy (non-hydrogen) atoms. The second kappa shape index (κ2) is 8.18. The summed E-state index contributed by atoms with van der Waals surface area (Å²) in [6.45, 7) is 1.79. The number of benzene rings is 2. The summed E-state index contributed by atoms with van der Waals surface area (Å²) in [5.41, 5.74) is 2.74. The summed E-state index contributed by atoms with van der Waals surface area (Å²) in [5.74, 6) is -0.947. The van der Waals surface area contributed by atoms with Gasteiger partial charge in [0.05, 0.1) is 0 Å².